The Kier molecular flexibility index (Phi) is 6.03. The minimum atomic E-state index is -3.15. The van der Waals surface area contributed by atoms with Crippen molar-refractivity contribution in [3.05, 3.63) is 0 Å². The number of rotatable bonds is 7. The zero-order chi connectivity index (χ0) is 17.1. The molecule has 0 spiro atoms. The third kappa shape index (κ3) is 4.01. The van der Waals surface area contributed by atoms with Gasteiger partial charge in [-0.1, -0.05) is 20.3 Å². The molecule has 0 fully saturated rings. The molecule has 0 aromatic carbocycles. The van der Waals surface area contributed by atoms with E-state index in [0.29, 0.717) is 19.3 Å². The molecule has 0 aromatic rings. The molecule has 9 nitrogen and oxygen atoms in total. The average Bonchev–Trinajstić information content (AvgIpc) is 3.13. The van der Waals surface area contributed by atoms with Crippen LogP contribution >= 0.6 is 7.77 Å². The normalized spacial score (nSPS) is 19.9. The maximum absolute atomic E-state index is 11.5. The molecule has 4 N–H and O–H groups in total. The lowest BCUT2D eigenvalue weighted by molar-refractivity contribution is -0.302. The quantitative estimate of drug-likeness (QED) is 0.183. The highest BCUT2D eigenvalue weighted by Gasteiger charge is 2.61. The number of hydrogen-bond donors (Lipinski definition) is 4. The Morgan fingerprint density at radius 2 is 1.73 bits per heavy atom. The fraction of sp³-hybridized carbons (Fsp3) is 0.750. The Labute approximate surface area is 127 Å². The van der Waals surface area contributed by atoms with E-state index < -0.39 is 36.9 Å². The van der Waals surface area contributed by atoms with Crippen molar-refractivity contribution in [2.45, 2.75) is 56.8 Å². The molecule has 1 heterocycles. The molecule has 0 amide bonds. The molecule has 1 aliphatic heterocycles. The van der Waals surface area contributed by atoms with E-state index in [4.69, 9.17) is 0 Å². The Hall–Kier alpha value is -1.09. The summed E-state index contributed by atoms with van der Waals surface area (Å²) in [7, 11) is -2.05. The molecule has 2 unspecified atom stereocenters. The van der Waals surface area contributed by atoms with Gasteiger partial charge in [-0.2, -0.15) is 0 Å². The van der Waals surface area contributed by atoms with E-state index in [1.165, 1.54) is 0 Å². The van der Waals surface area contributed by atoms with Crippen molar-refractivity contribution in [1.82, 2.24) is 0 Å². The van der Waals surface area contributed by atoms with E-state index in [9.17, 15) is 34.9 Å². The Bertz CT molecular complexity index is 483. The highest BCUT2D eigenvalue weighted by molar-refractivity contribution is 7.65. The topological polar surface area (TPSA) is 157 Å². The second-order valence-electron chi connectivity index (χ2n) is 4.97. The van der Waals surface area contributed by atoms with Crippen LogP contribution in [0.1, 0.15) is 39.5 Å². The van der Waals surface area contributed by atoms with Crippen molar-refractivity contribution in [1.29, 1.82) is 0 Å². The average molecular weight is 338 g/mol. The number of aliphatic hydroxyl groups is 4. The van der Waals surface area contributed by atoms with Crippen molar-refractivity contribution >= 4 is 25.0 Å². The summed E-state index contributed by atoms with van der Waals surface area (Å²) >= 11 is 0. The fourth-order valence-electron chi connectivity index (χ4n) is 1.79. The first-order chi connectivity index (χ1) is 10.1. The zero-order valence-electron chi connectivity index (χ0n) is 12.2. The highest BCUT2D eigenvalue weighted by atomic mass is 31.1. The molecule has 0 radical (unpaired) electrons. The molecule has 0 saturated heterocycles. The zero-order valence-corrected chi connectivity index (χ0v) is 13.1. The van der Waals surface area contributed by atoms with Crippen LogP contribution in [0, 0.1) is 0 Å². The standard InChI is InChI=1S/C12H19O9P/c1-3-5-6-11(15,16)9(13)20-21-10(14)12(17,18)8-7(4-2)22(8)19/h7,15-18H,3-6H2,1-2H3. The summed E-state index contributed by atoms with van der Waals surface area (Å²) in [4.78, 5) is 42.1. The smallest absolute Gasteiger partial charge is 0.423 e. The molecule has 0 bridgehead atoms. The van der Waals surface area contributed by atoms with Crippen molar-refractivity contribution in [3.63, 3.8) is 0 Å². The van der Waals surface area contributed by atoms with Crippen LogP contribution in [0.4, 0.5) is 0 Å². The van der Waals surface area contributed by atoms with Gasteiger partial charge in [-0.05, 0) is 12.8 Å². The van der Waals surface area contributed by atoms with Crippen molar-refractivity contribution in [2.24, 2.45) is 0 Å². The first-order valence-corrected chi connectivity index (χ1v) is 8.09. The van der Waals surface area contributed by atoms with Crippen molar-refractivity contribution in [3.8, 4) is 0 Å². The van der Waals surface area contributed by atoms with Crippen LogP contribution in [0.3, 0.4) is 0 Å². The predicted molar refractivity (Wildman–Crippen MR) is 72.1 cm³/mol. The van der Waals surface area contributed by atoms with Crippen LogP contribution in [0.15, 0.2) is 0 Å². The van der Waals surface area contributed by atoms with E-state index >= 15 is 0 Å². The third-order valence-electron chi connectivity index (χ3n) is 3.20. The minimum absolute atomic E-state index is 0.302. The van der Waals surface area contributed by atoms with Crippen molar-refractivity contribution < 1.29 is 44.7 Å². The summed E-state index contributed by atoms with van der Waals surface area (Å²) in [5.41, 5.74) is -0.618. The van der Waals surface area contributed by atoms with E-state index in [-0.39, 0.29) is 11.7 Å². The molecule has 1 aliphatic rings. The van der Waals surface area contributed by atoms with E-state index in [2.05, 4.69) is 9.78 Å². The Morgan fingerprint density at radius 3 is 2.18 bits per heavy atom. The van der Waals surface area contributed by atoms with Gasteiger partial charge in [0.2, 0.25) is 5.29 Å². The monoisotopic (exact) mass is 338 g/mol. The van der Waals surface area contributed by atoms with Crippen molar-refractivity contribution in [2.75, 3.05) is 0 Å². The fourth-order valence-corrected chi connectivity index (χ4v) is 3.46. The van der Waals surface area contributed by atoms with Crippen LogP contribution in [0.5, 0.6) is 0 Å². The van der Waals surface area contributed by atoms with Gasteiger partial charge in [-0.25, -0.2) is 19.4 Å². The number of carbonyl (C=O) groups excluding carboxylic acids is 2. The molecule has 0 aromatic heterocycles. The summed E-state index contributed by atoms with van der Waals surface area (Å²) in [5, 5.41) is 37.7. The summed E-state index contributed by atoms with van der Waals surface area (Å²) in [6.07, 6.45) is 0.880. The molecule has 0 aliphatic carbocycles. The maximum Gasteiger partial charge on any atom is 0.423 e. The second-order valence-corrected chi connectivity index (χ2v) is 6.73. The van der Waals surface area contributed by atoms with Gasteiger partial charge in [-0.3, -0.25) is 0 Å². The summed E-state index contributed by atoms with van der Waals surface area (Å²) in [6.45, 7) is 3.40. The van der Waals surface area contributed by atoms with Gasteiger partial charge in [0.25, 0.3) is 5.79 Å². The van der Waals surface area contributed by atoms with Gasteiger partial charge in [0.05, 0.1) is 7.77 Å². The van der Waals surface area contributed by atoms with Gasteiger partial charge < -0.3 is 25.3 Å². The van der Waals surface area contributed by atoms with Crippen LogP contribution in [0.2, 0.25) is 0 Å². The number of unbranched alkanes of at least 4 members (excludes halogenated alkanes) is 1. The summed E-state index contributed by atoms with van der Waals surface area (Å²) < 4.78 is 0. The third-order valence-corrected chi connectivity index (χ3v) is 5.21. The molecular weight excluding hydrogens is 319 g/mol. The SMILES string of the molecule is CCCCC(O)(O)C(=O)OOC(=O)C(O)(O)C1=[P+]([O-])C1CC. The number of carbonyl (C=O) groups is 2. The van der Waals surface area contributed by atoms with Crippen LogP contribution < -0.4 is 4.89 Å². The predicted octanol–water partition coefficient (Wildman–Crippen LogP) is -1.74. The van der Waals surface area contributed by atoms with E-state index in [1.54, 1.807) is 13.8 Å². The second kappa shape index (κ2) is 6.99. The number of hydrogen-bond acceptors (Lipinski definition) is 9. The first kappa shape index (κ1) is 19.0. The van der Waals surface area contributed by atoms with E-state index in [1.807, 2.05) is 0 Å². The molecule has 126 valence electrons. The van der Waals surface area contributed by atoms with Gasteiger partial charge in [0.15, 0.2) is 5.66 Å². The molecule has 0 saturated carbocycles. The maximum atomic E-state index is 11.5. The van der Waals surface area contributed by atoms with Gasteiger partial charge >= 0.3 is 17.7 Å². The van der Waals surface area contributed by atoms with Gasteiger partial charge in [0.1, 0.15) is 0 Å². The lowest BCUT2D eigenvalue weighted by Crippen LogP contribution is -2.47. The molecule has 10 heteroatoms. The van der Waals surface area contributed by atoms with Crippen LogP contribution in [-0.4, -0.2) is 54.9 Å². The van der Waals surface area contributed by atoms with Gasteiger partial charge in [0, 0.05) is 6.42 Å². The van der Waals surface area contributed by atoms with E-state index in [0.717, 1.165) is 0 Å². The molecular formula is C12H19O9P. The minimum Gasteiger partial charge on any atom is -0.630 e. The Balaban J connectivity index is 2.58. The molecule has 2 atom stereocenters. The van der Waals surface area contributed by atoms with Gasteiger partial charge in [-0.15, -0.1) is 0 Å². The Morgan fingerprint density at radius 1 is 1.18 bits per heavy atom. The molecule has 1 rings (SSSR count). The largest absolute Gasteiger partial charge is 0.630 e. The lowest BCUT2D eigenvalue weighted by atomic mass is 10.1. The first-order valence-electron chi connectivity index (χ1n) is 6.76. The summed E-state index contributed by atoms with van der Waals surface area (Å²) in [5.74, 6) is -9.44. The highest BCUT2D eigenvalue weighted by Crippen LogP contribution is 2.47. The van der Waals surface area contributed by atoms with Crippen LogP contribution in [0.25, 0.3) is 0 Å². The summed E-state index contributed by atoms with van der Waals surface area (Å²) in [6, 6.07) is 0. The lowest BCUT2D eigenvalue weighted by Gasteiger charge is -2.19. The van der Waals surface area contributed by atoms with Crippen LogP contribution in [-0.2, 0) is 19.4 Å². The molecule has 22 heavy (non-hydrogen) atoms.